The lowest BCUT2D eigenvalue weighted by atomic mass is 9.79. The molecule has 0 aliphatic rings. The molecule has 84 valence electrons. The van der Waals surface area contributed by atoms with Crippen molar-refractivity contribution >= 4 is 0 Å². The Morgan fingerprint density at radius 2 is 1.60 bits per heavy atom. The summed E-state index contributed by atoms with van der Waals surface area (Å²) in [6.07, 6.45) is 0. The summed E-state index contributed by atoms with van der Waals surface area (Å²) in [5.74, 6) is 0. The van der Waals surface area contributed by atoms with E-state index in [2.05, 4.69) is 51.7 Å². The monoisotopic (exact) mass is 208 g/mol. The van der Waals surface area contributed by atoms with Crippen LogP contribution in [0.25, 0.3) is 0 Å². The number of aromatic amines is 1. The number of H-pyrrole nitrogens is 1. The van der Waals surface area contributed by atoms with Gasteiger partial charge in [0.15, 0.2) is 0 Å². The zero-order valence-electron chi connectivity index (χ0n) is 10.4. The Bertz CT molecular complexity index is 405. The summed E-state index contributed by atoms with van der Waals surface area (Å²) < 4.78 is 0. The quantitative estimate of drug-likeness (QED) is 0.711. The van der Waals surface area contributed by atoms with E-state index in [0.29, 0.717) is 0 Å². The summed E-state index contributed by atoms with van der Waals surface area (Å²) in [6, 6.07) is 1.66. The molecule has 0 aliphatic carbocycles. The highest BCUT2D eigenvalue weighted by Gasteiger charge is 2.26. The molecule has 0 aliphatic heterocycles. The molecule has 1 aromatic heterocycles. The normalized spacial score (nSPS) is 12.9. The molecular weight excluding hydrogens is 188 g/mol. The smallest absolute Gasteiger partial charge is 0.264 e. The van der Waals surface area contributed by atoms with Crippen LogP contribution in [0, 0.1) is 0 Å². The van der Waals surface area contributed by atoms with Crippen molar-refractivity contribution in [3.8, 4) is 0 Å². The maximum atomic E-state index is 11.3. The van der Waals surface area contributed by atoms with Crippen LogP contribution in [0.2, 0.25) is 0 Å². The molecule has 0 saturated carbocycles. The molecule has 1 N–H and O–H groups in total. The minimum atomic E-state index is -0.132. The van der Waals surface area contributed by atoms with Crippen LogP contribution < -0.4 is 5.56 Å². The first-order chi connectivity index (χ1) is 6.62. The van der Waals surface area contributed by atoms with Crippen molar-refractivity contribution in [2.75, 3.05) is 0 Å². The summed E-state index contributed by atoms with van der Waals surface area (Å²) >= 11 is 0. The minimum Gasteiger partial charge on any atom is -0.268 e. The van der Waals surface area contributed by atoms with Gasteiger partial charge in [-0.2, -0.15) is 5.10 Å². The average Bonchev–Trinajstić information content (AvgIpc) is 2.00. The van der Waals surface area contributed by atoms with Crippen LogP contribution in [-0.4, -0.2) is 10.2 Å². The molecule has 0 bridgehead atoms. The lowest BCUT2D eigenvalue weighted by molar-refractivity contribution is 0.503. The van der Waals surface area contributed by atoms with Gasteiger partial charge in [0.1, 0.15) is 0 Å². The number of hydrogen-bond acceptors (Lipinski definition) is 2. The fourth-order valence-corrected chi connectivity index (χ4v) is 1.55. The highest BCUT2D eigenvalue weighted by molar-refractivity contribution is 5.30. The molecule has 1 heterocycles. The lowest BCUT2D eigenvalue weighted by Gasteiger charge is -2.27. The number of rotatable bonds is 0. The first-order valence-electron chi connectivity index (χ1n) is 5.23. The summed E-state index contributed by atoms with van der Waals surface area (Å²) in [6.45, 7) is 12.6. The van der Waals surface area contributed by atoms with Gasteiger partial charge in [-0.05, 0) is 11.0 Å². The van der Waals surface area contributed by atoms with Crippen molar-refractivity contribution < 1.29 is 0 Å². The van der Waals surface area contributed by atoms with Crippen molar-refractivity contribution in [1.29, 1.82) is 0 Å². The van der Waals surface area contributed by atoms with E-state index in [1.165, 1.54) is 0 Å². The number of hydrogen-bond donors (Lipinski definition) is 1. The molecule has 0 amide bonds. The van der Waals surface area contributed by atoms with Gasteiger partial charge in [-0.15, -0.1) is 0 Å². The lowest BCUT2D eigenvalue weighted by Crippen LogP contribution is -2.27. The molecule has 0 radical (unpaired) electrons. The van der Waals surface area contributed by atoms with Gasteiger partial charge in [0.05, 0.1) is 5.69 Å². The Labute approximate surface area is 90.9 Å². The summed E-state index contributed by atoms with van der Waals surface area (Å²) in [7, 11) is 0. The van der Waals surface area contributed by atoms with Crippen molar-refractivity contribution in [2.24, 2.45) is 0 Å². The average molecular weight is 208 g/mol. The Kier molecular flexibility index (Phi) is 2.77. The second kappa shape index (κ2) is 3.47. The van der Waals surface area contributed by atoms with Crippen molar-refractivity contribution in [1.82, 2.24) is 10.2 Å². The van der Waals surface area contributed by atoms with E-state index in [9.17, 15) is 4.79 Å². The molecule has 3 nitrogen and oxygen atoms in total. The fraction of sp³-hybridized carbons (Fsp3) is 0.667. The van der Waals surface area contributed by atoms with Crippen LogP contribution in [0.4, 0.5) is 0 Å². The predicted molar refractivity (Wildman–Crippen MR) is 62.3 cm³/mol. The SMILES string of the molecule is CC(C)(C)c1cc(=O)[nH]nc1C(C)(C)C. The highest BCUT2D eigenvalue weighted by Crippen LogP contribution is 2.30. The Morgan fingerprint density at radius 3 is 2.00 bits per heavy atom. The molecule has 0 unspecified atom stereocenters. The standard InChI is InChI=1S/C12H20N2O/c1-11(2,3)8-7-9(15)13-14-10(8)12(4,5)6/h7H,1-6H3,(H,13,15). The second-order valence-corrected chi connectivity index (χ2v) is 5.99. The maximum Gasteiger partial charge on any atom is 0.264 e. The molecule has 0 atom stereocenters. The molecule has 0 saturated heterocycles. The zero-order valence-corrected chi connectivity index (χ0v) is 10.4. The third kappa shape index (κ3) is 2.67. The molecule has 15 heavy (non-hydrogen) atoms. The molecular formula is C12H20N2O. The van der Waals surface area contributed by atoms with Gasteiger partial charge in [0.25, 0.3) is 5.56 Å². The predicted octanol–water partition coefficient (Wildman–Crippen LogP) is 2.36. The van der Waals surface area contributed by atoms with E-state index in [1.54, 1.807) is 6.07 Å². The van der Waals surface area contributed by atoms with Gasteiger partial charge in [-0.25, -0.2) is 5.10 Å². The zero-order chi connectivity index (χ0) is 11.9. The highest BCUT2D eigenvalue weighted by atomic mass is 16.1. The van der Waals surface area contributed by atoms with E-state index < -0.39 is 0 Å². The van der Waals surface area contributed by atoms with Gasteiger partial charge in [0, 0.05) is 11.5 Å². The fourth-order valence-electron chi connectivity index (χ4n) is 1.55. The van der Waals surface area contributed by atoms with Crippen LogP contribution >= 0.6 is 0 Å². The topological polar surface area (TPSA) is 45.8 Å². The third-order valence-corrected chi connectivity index (χ3v) is 2.33. The second-order valence-electron chi connectivity index (χ2n) is 5.99. The van der Waals surface area contributed by atoms with E-state index in [0.717, 1.165) is 11.3 Å². The van der Waals surface area contributed by atoms with E-state index in [4.69, 9.17) is 0 Å². The van der Waals surface area contributed by atoms with Gasteiger partial charge < -0.3 is 0 Å². The van der Waals surface area contributed by atoms with Crippen LogP contribution in [-0.2, 0) is 10.8 Å². The van der Waals surface area contributed by atoms with Crippen LogP contribution in [0.15, 0.2) is 10.9 Å². The minimum absolute atomic E-state index is 0.0488. The molecule has 1 aromatic rings. The first kappa shape index (κ1) is 12.0. The summed E-state index contributed by atoms with van der Waals surface area (Å²) in [5.41, 5.74) is 1.76. The van der Waals surface area contributed by atoms with E-state index >= 15 is 0 Å². The van der Waals surface area contributed by atoms with Crippen LogP contribution in [0.1, 0.15) is 52.8 Å². The Balaban J connectivity index is 3.48. The Hall–Kier alpha value is -1.12. The van der Waals surface area contributed by atoms with Crippen LogP contribution in [0.3, 0.4) is 0 Å². The van der Waals surface area contributed by atoms with Crippen molar-refractivity contribution in [2.45, 2.75) is 52.4 Å². The van der Waals surface area contributed by atoms with Crippen molar-refractivity contribution in [3.63, 3.8) is 0 Å². The van der Waals surface area contributed by atoms with Crippen LogP contribution in [0.5, 0.6) is 0 Å². The summed E-state index contributed by atoms with van der Waals surface area (Å²) in [5, 5.41) is 6.69. The number of nitrogens with zero attached hydrogens (tertiary/aromatic N) is 1. The van der Waals surface area contributed by atoms with Gasteiger partial charge in [-0.3, -0.25) is 4.79 Å². The molecule has 0 aromatic carbocycles. The Morgan fingerprint density at radius 1 is 1.07 bits per heavy atom. The molecule has 3 heteroatoms. The summed E-state index contributed by atoms with van der Waals surface area (Å²) in [4.78, 5) is 11.3. The van der Waals surface area contributed by atoms with Gasteiger partial charge in [0.2, 0.25) is 0 Å². The largest absolute Gasteiger partial charge is 0.268 e. The van der Waals surface area contributed by atoms with Crippen molar-refractivity contribution in [3.05, 3.63) is 27.7 Å². The first-order valence-corrected chi connectivity index (χ1v) is 5.23. The maximum absolute atomic E-state index is 11.3. The third-order valence-electron chi connectivity index (χ3n) is 2.33. The molecule has 0 spiro atoms. The van der Waals surface area contributed by atoms with E-state index in [1.807, 2.05) is 0 Å². The molecule has 0 fully saturated rings. The van der Waals surface area contributed by atoms with Gasteiger partial charge in [-0.1, -0.05) is 41.5 Å². The van der Waals surface area contributed by atoms with E-state index in [-0.39, 0.29) is 16.4 Å². The van der Waals surface area contributed by atoms with Gasteiger partial charge >= 0.3 is 0 Å². The molecule has 1 rings (SSSR count). The number of aromatic nitrogens is 2. The number of nitrogens with one attached hydrogen (secondary N) is 1.